The van der Waals surface area contributed by atoms with Crippen molar-refractivity contribution in [1.82, 2.24) is 15.3 Å². The summed E-state index contributed by atoms with van der Waals surface area (Å²) in [5, 5.41) is 2.95. The quantitative estimate of drug-likeness (QED) is 0.842. The van der Waals surface area contributed by atoms with Crippen LogP contribution in [-0.2, 0) is 6.42 Å². The van der Waals surface area contributed by atoms with E-state index in [2.05, 4.69) is 20.3 Å². The van der Waals surface area contributed by atoms with Gasteiger partial charge in [0.1, 0.15) is 17.6 Å². The van der Waals surface area contributed by atoms with E-state index < -0.39 is 11.5 Å². The maximum Gasteiger partial charge on any atom is 0.279 e. The fourth-order valence-electron chi connectivity index (χ4n) is 3.29. The van der Waals surface area contributed by atoms with E-state index in [1.54, 1.807) is 6.21 Å². The molecule has 1 aromatic rings. The third kappa shape index (κ3) is 1.52. The second-order valence-electron chi connectivity index (χ2n) is 5.67. The summed E-state index contributed by atoms with van der Waals surface area (Å²) < 4.78 is 27.8. The van der Waals surface area contributed by atoms with Crippen molar-refractivity contribution in [3.05, 3.63) is 12.0 Å². The monoisotopic (exact) mass is 279 g/mol. The molecule has 2 fully saturated rings. The minimum absolute atomic E-state index is 0.221. The van der Waals surface area contributed by atoms with Crippen LogP contribution in [0.15, 0.2) is 11.3 Å². The van der Waals surface area contributed by atoms with Gasteiger partial charge in [0.2, 0.25) is 0 Å². The van der Waals surface area contributed by atoms with E-state index in [9.17, 15) is 8.78 Å². The highest BCUT2D eigenvalue weighted by molar-refractivity contribution is 5.80. The Hall–Kier alpha value is -1.63. The zero-order chi connectivity index (χ0) is 13.8. The maximum atomic E-state index is 13.9. The van der Waals surface area contributed by atoms with Crippen molar-refractivity contribution in [2.45, 2.75) is 30.7 Å². The van der Waals surface area contributed by atoms with Crippen LogP contribution in [0.1, 0.15) is 18.5 Å². The first kappa shape index (κ1) is 12.1. The lowest BCUT2D eigenvalue weighted by atomic mass is 9.77. The zero-order valence-electron chi connectivity index (χ0n) is 10.9. The van der Waals surface area contributed by atoms with Gasteiger partial charge in [-0.05, 0) is 12.8 Å². The van der Waals surface area contributed by atoms with Gasteiger partial charge in [-0.15, -0.1) is 0 Å². The number of piperidine rings is 1. The number of aromatic nitrogens is 2. The summed E-state index contributed by atoms with van der Waals surface area (Å²) in [6, 6.07) is 0. The number of hydrogen-bond acceptors (Lipinski definition) is 5. The third-order valence-corrected chi connectivity index (χ3v) is 4.52. The van der Waals surface area contributed by atoms with Gasteiger partial charge in [0.05, 0.1) is 12.2 Å². The van der Waals surface area contributed by atoms with Crippen molar-refractivity contribution >= 4 is 17.7 Å². The average molecular weight is 279 g/mol. The summed E-state index contributed by atoms with van der Waals surface area (Å²) in [4.78, 5) is 14.7. The van der Waals surface area contributed by atoms with Gasteiger partial charge in [-0.1, -0.05) is 0 Å². The number of fused-ring (bicyclic) bond motifs is 1. The van der Waals surface area contributed by atoms with Crippen LogP contribution in [-0.4, -0.2) is 47.3 Å². The average Bonchev–Trinajstić information content (AvgIpc) is 2.94. The van der Waals surface area contributed by atoms with Gasteiger partial charge in [-0.3, -0.25) is 10.3 Å². The third-order valence-electron chi connectivity index (χ3n) is 4.52. The van der Waals surface area contributed by atoms with Crippen molar-refractivity contribution in [3.63, 3.8) is 0 Å². The van der Waals surface area contributed by atoms with E-state index in [-0.39, 0.29) is 13.1 Å². The molecule has 0 aliphatic carbocycles. The SMILES string of the molecule is FC1(F)CNC12CCCN(c1ncnc3c1N=CC3)C2. The van der Waals surface area contributed by atoms with Gasteiger partial charge in [-0.25, -0.2) is 18.7 Å². The molecule has 0 bridgehead atoms. The van der Waals surface area contributed by atoms with Crippen LogP contribution < -0.4 is 10.2 Å². The Labute approximate surface area is 115 Å². The summed E-state index contributed by atoms with van der Waals surface area (Å²) in [5.41, 5.74) is 0.529. The second-order valence-corrected chi connectivity index (χ2v) is 5.67. The molecule has 106 valence electrons. The lowest BCUT2D eigenvalue weighted by Crippen LogP contribution is -2.78. The lowest BCUT2D eigenvalue weighted by molar-refractivity contribution is -0.158. The Kier molecular flexibility index (Phi) is 2.39. The van der Waals surface area contributed by atoms with Crippen LogP contribution in [0, 0.1) is 0 Å². The second kappa shape index (κ2) is 3.94. The number of nitrogens with zero attached hydrogens (tertiary/aromatic N) is 4. The van der Waals surface area contributed by atoms with Gasteiger partial charge in [-0.2, -0.15) is 0 Å². The van der Waals surface area contributed by atoms with Crippen molar-refractivity contribution in [1.29, 1.82) is 0 Å². The molecule has 4 heterocycles. The molecule has 4 rings (SSSR count). The van der Waals surface area contributed by atoms with E-state index in [1.807, 2.05) is 4.90 Å². The molecule has 0 amide bonds. The fraction of sp³-hybridized carbons (Fsp3) is 0.615. The smallest absolute Gasteiger partial charge is 0.279 e. The number of alkyl halides is 2. The van der Waals surface area contributed by atoms with Crippen LogP contribution >= 0.6 is 0 Å². The maximum absolute atomic E-state index is 13.9. The van der Waals surface area contributed by atoms with Crippen LogP contribution in [0.4, 0.5) is 20.3 Å². The minimum atomic E-state index is -2.63. The summed E-state index contributed by atoms with van der Waals surface area (Å²) >= 11 is 0. The molecule has 1 N–H and O–H groups in total. The van der Waals surface area contributed by atoms with E-state index in [4.69, 9.17) is 0 Å². The Bertz CT molecular complexity index is 588. The van der Waals surface area contributed by atoms with Crippen molar-refractivity contribution in [2.24, 2.45) is 4.99 Å². The number of halogens is 2. The van der Waals surface area contributed by atoms with E-state index >= 15 is 0 Å². The molecule has 7 heteroatoms. The molecule has 20 heavy (non-hydrogen) atoms. The molecule has 3 aliphatic heterocycles. The molecule has 0 saturated carbocycles. The molecule has 2 saturated heterocycles. The van der Waals surface area contributed by atoms with Crippen LogP contribution in [0.3, 0.4) is 0 Å². The normalized spacial score (nSPS) is 30.4. The highest BCUT2D eigenvalue weighted by Gasteiger charge is 2.62. The first-order valence-electron chi connectivity index (χ1n) is 6.86. The number of aliphatic imine (C=N–C) groups is 1. The highest BCUT2D eigenvalue weighted by Crippen LogP contribution is 2.44. The summed E-state index contributed by atoms with van der Waals surface area (Å²) in [5.74, 6) is -1.95. The molecule has 3 aliphatic rings. The molecule has 1 spiro atoms. The van der Waals surface area contributed by atoms with Gasteiger partial charge >= 0.3 is 0 Å². The first-order chi connectivity index (χ1) is 9.61. The Balaban J connectivity index is 1.67. The van der Waals surface area contributed by atoms with Gasteiger partial charge < -0.3 is 4.90 Å². The van der Waals surface area contributed by atoms with Gasteiger partial charge in [0.25, 0.3) is 5.92 Å². The number of anilines is 1. The topological polar surface area (TPSA) is 53.4 Å². The molecule has 5 nitrogen and oxygen atoms in total. The van der Waals surface area contributed by atoms with E-state index in [1.165, 1.54) is 6.33 Å². The molecular formula is C13H15F2N5. The number of rotatable bonds is 1. The van der Waals surface area contributed by atoms with E-state index in [0.29, 0.717) is 18.7 Å². The van der Waals surface area contributed by atoms with Crippen molar-refractivity contribution in [2.75, 3.05) is 24.5 Å². The molecule has 0 radical (unpaired) electrons. The standard InChI is InChI=1S/C13H15F2N5/c14-13(15)6-19-12(13)3-1-5-20(7-12)11-10-9(2-4-16-10)17-8-18-11/h4,8,19H,1-3,5-7H2. The Morgan fingerprint density at radius 1 is 1.30 bits per heavy atom. The molecule has 1 aromatic heterocycles. The summed E-state index contributed by atoms with van der Waals surface area (Å²) in [6.45, 7) is 0.790. The fourth-order valence-corrected chi connectivity index (χ4v) is 3.29. The number of nitrogens with one attached hydrogen (secondary N) is 1. The molecular weight excluding hydrogens is 264 g/mol. The lowest BCUT2D eigenvalue weighted by Gasteiger charge is -2.54. The van der Waals surface area contributed by atoms with E-state index in [0.717, 1.165) is 24.3 Å². The largest absolute Gasteiger partial charge is 0.353 e. The summed E-state index contributed by atoms with van der Waals surface area (Å²) in [6.07, 6.45) is 5.21. The van der Waals surface area contributed by atoms with Crippen molar-refractivity contribution < 1.29 is 8.78 Å². The van der Waals surface area contributed by atoms with Gasteiger partial charge in [0.15, 0.2) is 5.82 Å². The molecule has 0 aromatic carbocycles. The number of hydrogen-bond donors (Lipinski definition) is 1. The predicted octanol–water partition coefficient (Wildman–Crippen LogP) is 1.31. The predicted molar refractivity (Wildman–Crippen MR) is 71.0 cm³/mol. The molecule has 1 unspecified atom stereocenters. The Morgan fingerprint density at radius 3 is 2.95 bits per heavy atom. The highest BCUT2D eigenvalue weighted by atomic mass is 19.3. The molecule has 1 atom stereocenters. The zero-order valence-corrected chi connectivity index (χ0v) is 10.9. The van der Waals surface area contributed by atoms with Crippen LogP contribution in [0.2, 0.25) is 0 Å². The van der Waals surface area contributed by atoms with Crippen LogP contribution in [0.5, 0.6) is 0 Å². The first-order valence-corrected chi connectivity index (χ1v) is 6.86. The van der Waals surface area contributed by atoms with Crippen molar-refractivity contribution in [3.8, 4) is 0 Å². The van der Waals surface area contributed by atoms with Crippen LogP contribution in [0.25, 0.3) is 0 Å². The Morgan fingerprint density at radius 2 is 2.20 bits per heavy atom. The van der Waals surface area contributed by atoms with Gasteiger partial charge in [0, 0.05) is 25.7 Å². The minimum Gasteiger partial charge on any atom is -0.353 e. The summed E-state index contributed by atoms with van der Waals surface area (Å²) in [7, 11) is 0.